The highest BCUT2D eigenvalue weighted by molar-refractivity contribution is 9.10. The van der Waals surface area contributed by atoms with Crippen molar-refractivity contribution >= 4 is 15.9 Å². The summed E-state index contributed by atoms with van der Waals surface area (Å²) >= 11 is 3.25. The summed E-state index contributed by atoms with van der Waals surface area (Å²) < 4.78 is 37.5. The van der Waals surface area contributed by atoms with Crippen molar-refractivity contribution in [2.24, 2.45) is 0 Å². The zero-order chi connectivity index (χ0) is 11.8. The van der Waals surface area contributed by atoms with Crippen molar-refractivity contribution in [1.29, 1.82) is 0 Å². The molecule has 1 nitrogen and oxygen atoms in total. The standard InChI is InChI=1S/C10H10BrF3O/c1-5-3-7(4-6(2)8(5)11)9(15)10(12,13)14/h3-4,9,15H,1-2H3. The maximum atomic E-state index is 12.2. The fraction of sp³-hybridized carbons (Fsp3) is 0.400. The fourth-order valence-electron chi connectivity index (χ4n) is 1.33. The molecule has 15 heavy (non-hydrogen) atoms. The molecule has 0 heterocycles. The van der Waals surface area contributed by atoms with Crippen molar-refractivity contribution in [3.63, 3.8) is 0 Å². The van der Waals surface area contributed by atoms with Crippen molar-refractivity contribution in [3.8, 4) is 0 Å². The lowest BCUT2D eigenvalue weighted by atomic mass is 10.0. The average molecular weight is 283 g/mol. The van der Waals surface area contributed by atoms with E-state index in [0.717, 1.165) is 4.47 Å². The molecule has 0 radical (unpaired) electrons. The van der Waals surface area contributed by atoms with Crippen molar-refractivity contribution in [2.75, 3.05) is 0 Å². The van der Waals surface area contributed by atoms with Gasteiger partial charge in [0.1, 0.15) is 0 Å². The second kappa shape index (κ2) is 4.14. The second-order valence-electron chi connectivity index (χ2n) is 3.41. The molecular weight excluding hydrogens is 273 g/mol. The first-order valence-corrected chi connectivity index (χ1v) is 5.04. The number of halogens is 4. The molecule has 0 saturated carbocycles. The van der Waals surface area contributed by atoms with Crippen molar-refractivity contribution < 1.29 is 18.3 Å². The molecule has 0 saturated heterocycles. The normalized spacial score (nSPS) is 14.1. The van der Waals surface area contributed by atoms with E-state index in [-0.39, 0.29) is 5.56 Å². The van der Waals surface area contributed by atoms with Gasteiger partial charge in [-0.15, -0.1) is 0 Å². The molecular formula is C10H10BrF3O. The largest absolute Gasteiger partial charge is 0.418 e. The molecule has 0 spiro atoms. The van der Waals surface area contributed by atoms with Gasteiger partial charge in [0.15, 0.2) is 6.10 Å². The van der Waals surface area contributed by atoms with Crippen LogP contribution in [0.3, 0.4) is 0 Å². The fourth-order valence-corrected chi connectivity index (χ4v) is 1.56. The third-order valence-electron chi connectivity index (χ3n) is 2.08. The van der Waals surface area contributed by atoms with Crippen molar-refractivity contribution in [2.45, 2.75) is 26.1 Å². The third kappa shape index (κ3) is 2.72. The zero-order valence-corrected chi connectivity index (χ0v) is 9.78. The smallest absolute Gasteiger partial charge is 0.379 e. The van der Waals surface area contributed by atoms with Gasteiger partial charge in [0.25, 0.3) is 0 Å². The van der Waals surface area contributed by atoms with Gasteiger partial charge in [-0.2, -0.15) is 13.2 Å². The van der Waals surface area contributed by atoms with Gasteiger partial charge in [-0.3, -0.25) is 0 Å². The van der Waals surface area contributed by atoms with Crippen LogP contribution in [0, 0.1) is 13.8 Å². The predicted octanol–water partition coefficient (Wildman–Crippen LogP) is 3.66. The first-order chi connectivity index (χ1) is 6.73. The van der Waals surface area contributed by atoms with E-state index in [1.165, 1.54) is 12.1 Å². The van der Waals surface area contributed by atoms with Crippen LogP contribution in [0.5, 0.6) is 0 Å². The van der Waals surface area contributed by atoms with Crippen LogP contribution < -0.4 is 0 Å². The Hall–Kier alpha value is -0.550. The lowest BCUT2D eigenvalue weighted by molar-refractivity contribution is -0.206. The molecule has 0 aliphatic carbocycles. The molecule has 1 atom stereocenters. The Balaban J connectivity index is 3.17. The lowest BCUT2D eigenvalue weighted by Gasteiger charge is -2.16. The molecule has 84 valence electrons. The predicted molar refractivity (Wildman–Crippen MR) is 54.6 cm³/mol. The van der Waals surface area contributed by atoms with E-state index in [9.17, 15) is 13.2 Å². The minimum Gasteiger partial charge on any atom is -0.379 e. The molecule has 0 bridgehead atoms. The molecule has 0 aliphatic heterocycles. The van der Waals surface area contributed by atoms with Gasteiger partial charge in [0.2, 0.25) is 0 Å². The highest BCUT2D eigenvalue weighted by Gasteiger charge is 2.39. The average Bonchev–Trinajstić information content (AvgIpc) is 2.10. The lowest BCUT2D eigenvalue weighted by Crippen LogP contribution is -2.20. The van der Waals surface area contributed by atoms with Crippen LogP contribution >= 0.6 is 15.9 Å². The Morgan fingerprint density at radius 1 is 1.20 bits per heavy atom. The molecule has 0 aromatic heterocycles. The van der Waals surface area contributed by atoms with E-state index in [4.69, 9.17) is 5.11 Å². The molecule has 0 aliphatic rings. The number of benzene rings is 1. The number of alkyl halides is 3. The topological polar surface area (TPSA) is 20.2 Å². The highest BCUT2D eigenvalue weighted by atomic mass is 79.9. The SMILES string of the molecule is Cc1cc(C(O)C(F)(F)F)cc(C)c1Br. The van der Waals surface area contributed by atoms with E-state index in [1.807, 2.05) is 0 Å². The van der Waals surface area contributed by atoms with Gasteiger partial charge < -0.3 is 5.11 Å². The Labute approximate surface area is 94.0 Å². The maximum absolute atomic E-state index is 12.2. The number of aliphatic hydroxyl groups excluding tert-OH is 1. The van der Waals surface area contributed by atoms with Crippen LogP contribution in [0.1, 0.15) is 22.8 Å². The summed E-state index contributed by atoms with van der Waals surface area (Å²) in [4.78, 5) is 0. The van der Waals surface area contributed by atoms with Gasteiger partial charge >= 0.3 is 6.18 Å². The Morgan fingerprint density at radius 3 is 1.93 bits per heavy atom. The quantitative estimate of drug-likeness (QED) is 0.834. The Bertz CT molecular complexity index is 350. The number of aliphatic hydroxyl groups is 1. The van der Waals surface area contributed by atoms with Gasteiger partial charge in [-0.05, 0) is 30.5 Å². The Morgan fingerprint density at radius 2 is 1.60 bits per heavy atom. The van der Waals surface area contributed by atoms with Crippen LogP contribution in [0.15, 0.2) is 16.6 Å². The van der Waals surface area contributed by atoms with Gasteiger partial charge in [-0.1, -0.05) is 28.1 Å². The molecule has 0 fully saturated rings. The van der Waals surface area contributed by atoms with Crippen LogP contribution in [0.4, 0.5) is 13.2 Å². The third-order valence-corrected chi connectivity index (χ3v) is 3.34. The van der Waals surface area contributed by atoms with Gasteiger partial charge in [0.05, 0.1) is 0 Å². The molecule has 0 amide bonds. The Kier molecular flexibility index (Phi) is 3.45. The summed E-state index contributed by atoms with van der Waals surface area (Å²) in [6, 6.07) is 2.66. The van der Waals surface area contributed by atoms with Crippen LogP contribution in [-0.2, 0) is 0 Å². The van der Waals surface area contributed by atoms with E-state index in [0.29, 0.717) is 11.1 Å². The number of rotatable bonds is 1. The van der Waals surface area contributed by atoms with Crippen molar-refractivity contribution in [3.05, 3.63) is 33.3 Å². The van der Waals surface area contributed by atoms with Crippen LogP contribution in [0.25, 0.3) is 0 Å². The first-order valence-electron chi connectivity index (χ1n) is 4.25. The van der Waals surface area contributed by atoms with E-state index in [1.54, 1.807) is 13.8 Å². The minimum absolute atomic E-state index is 0.124. The molecule has 1 N–H and O–H groups in total. The summed E-state index contributed by atoms with van der Waals surface area (Å²) in [5.41, 5.74) is 1.22. The number of aryl methyl sites for hydroxylation is 2. The maximum Gasteiger partial charge on any atom is 0.418 e. The first kappa shape index (κ1) is 12.5. The van der Waals surface area contributed by atoms with E-state index >= 15 is 0 Å². The molecule has 1 rings (SSSR count). The molecule has 1 aromatic rings. The monoisotopic (exact) mass is 282 g/mol. The summed E-state index contributed by atoms with van der Waals surface area (Å²) in [5.74, 6) is 0. The van der Waals surface area contributed by atoms with Crippen molar-refractivity contribution in [1.82, 2.24) is 0 Å². The summed E-state index contributed by atoms with van der Waals surface area (Å²) in [6.07, 6.45) is -7.03. The van der Waals surface area contributed by atoms with Crippen LogP contribution in [-0.4, -0.2) is 11.3 Å². The number of hydrogen-bond acceptors (Lipinski definition) is 1. The number of hydrogen-bond donors (Lipinski definition) is 1. The minimum atomic E-state index is -4.62. The van der Waals surface area contributed by atoms with E-state index in [2.05, 4.69) is 15.9 Å². The molecule has 1 unspecified atom stereocenters. The summed E-state index contributed by atoms with van der Waals surface area (Å²) in [6.45, 7) is 3.37. The van der Waals surface area contributed by atoms with Gasteiger partial charge in [0, 0.05) is 4.47 Å². The zero-order valence-electron chi connectivity index (χ0n) is 8.19. The summed E-state index contributed by atoms with van der Waals surface area (Å²) in [5, 5.41) is 9.06. The molecule has 1 aromatic carbocycles. The second-order valence-corrected chi connectivity index (χ2v) is 4.21. The van der Waals surface area contributed by atoms with Gasteiger partial charge in [-0.25, -0.2) is 0 Å². The van der Waals surface area contributed by atoms with Crippen LogP contribution in [0.2, 0.25) is 0 Å². The molecule has 5 heteroatoms. The summed E-state index contributed by atoms with van der Waals surface area (Å²) in [7, 11) is 0. The highest BCUT2D eigenvalue weighted by Crippen LogP contribution is 2.34. The van der Waals surface area contributed by atoms with E-state index < -0.39 is 12.3 Å².